The van der Waals surface area contributed by atoms with E-state index in [-0.39, 0.29) is 6.61 Å². The summed E-state index contributed by atoms with van der Waals surface area (Å²) in [6.45, 7) is 2.82. The quantitative estimate of drug-likeness (QED) is 0.912. The molecule has 1 N–H and O–H groups in total. The van der Waals surface area contributed by atoms with E-state index in [1.165, 1.54) is 12.8 Å². The normalized spacial score (nSPS) is 15.4. The molecule has 0 saturated heterocycles. The Balaban J connectivity index is 2.17. The molecule has 0 bridgehead atoms. The molecular formula is C12H15BrO2. The highest BCUT2D eigenvalue weighted by Gasteiger charge is 2.22. The fourth-order valence-electron chi connectivity index (χ4n) is 1.61. The third kappa shape index (κ3) is 2.73. The molecule has 0 amide bonds. The number of aryl methyl sites for hydroxylation is 1. The van der Waals surface area contributed by atoms with Crippen LogP contribution in [-0.2, 0) is 6.61 Å². The third-order valence-electron chi connectivity index (χ3n) is 2.65. The Morgan fingerprint density at radius 3 is 2.80 bits per heavy atom. The molecule has 0 unspecified atom stereocenters. The molecule has 0 radical (unpaired) electrons. The molecule has 0 aromatic heterocycles. The Morgan fingerprint density at radius 2 is 2.20 bits per heavy atom. The first-order valence-corrected chi connectivity index (χ1v) is 6.02. The van der Waals surface area contributed by atoms with Crippen LogP contribution in [0.3, 0.4) is 0 Å². The van der Waals surface area contributed by atoms with Gasteiger partial charge in [-0.15, -0.1) is 0 Å². The zero-order valence-corrected chi connectivity index (χ0v) is 10.4. The van der Waals surface area contributed by atoms with E-state index in [0.717, 1.165) is 33.9 Å². The zero-order valence-electron chi connectivity index (χ0n) is 8.79. The lowest BCUT2D eigenvalue weighted by Gasteiger charge is -2.13. The van der Waals surface area contributed by atoms with Gasteiger partial charge in [0.15, 0.2) is 0 Å². The summed E-state index contributed by atoms with van der Waals surface area (Å²) in [5.74, 6) is 1.59. The molecule has 2 nitrogen and oxygen atoms in total. The maximum atomic E-state index is 9.25. The van der Waals surface area contributed by atoms with Gasteiger partial charge in [0.25, 0.3) is 0 Å². The van der Waals surface area contributed by atoms with Gasteiger partial charge in [-0.1, -0.05) is 15.9 Å². The van der Waals surface area contributed by atoms with Crippen molar-refractivity contribution >= 4 is 15.9 Å². The maximum absolute atomic E-state index is 9.25. The number of ether oxygens (including phenoxy) is 1. The van der Waals surface area contributed by atoms with E-state index >= 15 is 0 Å². The van der Waals surface area contributed by atoms with Gasteiger partial charge < -0.3 is 9.84 Å². The molecule has 1 saturated carbocycles. The topological polar surface area (TPSA) is 29.5 Å². The number of aliphatic hydroxyl groups is 1. The van der Waals surface area contributed by atoms with Crippen molar-refractivity contribution in [2.24, 2.45) is 5.92 Å². The van der Waals surface area contributed by atoms with Gasteiger partial charge in [-0.2, -0.15) is 0 Å². The largest absolute Gasteiger partial charge is 0.493 e. The van der Waals surface area contributed by atoms with Crippen LogP contribution in [0.1, 0.15) is 24.0 Å². The van der Waals surface area contributed by atoms with Crippen molar-refractivity contribution in [3.63, 3.8) is 0 Å². The second-order valence-electron chi connectivity index (χ2n) is 4.12. The Labute approximate surface area is 98.4 Å². The van der Waals surface area contributed by atoms with Crippen LogP contribution in [0.25, 0.3) is 0 Å². The lowest BCUT2D eigenvalue weighted by Crippen LogP contribution is -2.03. The van der Waals surface area contributed by atoms with Gasteiger partial charge in [-0.3, -0.25) is 0 Å². The monoisotopic (exact) mass is 270 g/mol. The first-order chi connectivity index (χ1) is 7.20. The van der Waals surface area contributed by atoms with Crippen molar-refractivity contribution in [1.82, 2.24) is 0 Å². The van der Waals surface area contributed by atoms with E-state index in [0.29, 0.717) is 0 Å². The fraction of sp³-hybridized carbons (Fsp3) is 0.500. The number of hydrogen-bond acceptors (Lipinski definition) is 2. The van der Waals surface area contributed by atoms with Crippen LogP contribution in [0.4, 0.5) is 0 Å². The van der Waals surface area contributed by atoms with Crippen molar-refractivity contribution in [2.75, 3.05) is 6.61 Å². The van der Waals surface area contributed by atoms with Crippen molar-refractivity contribution < 1.29 is 9.84 Å². The van der Waals surface area contributed by atoms with Crippen LogP contribution in [0.15, 0.2) is 16.6 Å². The Hall–Kier alpha value is -0.540. The van der Waals surface area contributed by atoms with Crippen LogP contribution in [-0.4, -0.2) is 11.7 Å². The molecule has 0 atom stereocenters. The van der Waals surface area contributed by atoms with Gasteiger partial charge in [0.2, 0.25) is 0 Å². The molecule has 1 aliphatic rings. The summed E-state index contributed by atoms with van der Waals surface area (Å²) in [7, 11) is 0. The lowest BCUT2D eigenvalue weighted by atomic mass is 10.1. The summed E-state index contributed by atoms with van der Waals surface area (Å²) in [5.41, 5.74) is 1.94. The van der Waals surface area contributed by atoms with Gasteiger partial charge in [0.1, 0.15) is 5.75 Å². The molecule has 0 heterocycles. The highest BCUT2D eigenvalue weighted by molar-refractivity contribution is 9.10. The second kappa shape index (κ2) is 4.54. The van der Waals surface area contributed by atoms with Crippen LogP contribution in [0.2, 0.25) is 0 Å². The summed E-state index contributed by atoms with van der Waals surface area (Å²) >= 11 is 3.41. The highest BCUT2D eigenvalue weighted by atomic mass is 79.9. The highest BCUT2D eigenvalue weighted by Crippen LogP contribution is 2.33. The van der Waals surface area contributed by atoms with Crippen molar-refractivity contribution in [1.29, 1.82) is 0 Å². The van der Waals surface area contributed by atoms with Gasteiger partial charge in [0, 0.05) is 10.0 Å². The van der Waals surface area contributed by atoms with Gasteiger partial charge in [0.05, 0.1) is 13.2 Å². The number of aliphatic hydroxyl groups excluding tert-OH is 1. The first kappa shape index (κ1) is 11.0. The average molecular weight is 271 g/mol. The van der Waals surface area contributed by atoms with E-state index in [1.54, 1.807) is 0 Å². The summed E-state index contributed by atoms with van der Waals surface area (Å²) < 4.78 is 6.75. The molecule has 3 heteroatoms. The lowest BCUT2D eigenvalue weighted by molar-refractivity contribution is 0.257. The SMILES string of the molecule is Cc1cc(Br)cc(CO)c1OCC1CC1. The molecule has 0 aliphatic heterocycles. The summed E-state index contributed by atoms with van der Waals surface area (Å²) in [6, 6.07) is 3.93. The van der Waals surface area contributed by atoms with Crippen LogP contribution in [0, 0.1) is 12.8 Å². The van der Waals surface area contributed by atoms with E-state index in [4.69, 9.17) is 4.74 Å². The molecule has 15 heavy (non-hydrogen) atoms. The standard InChI is InChI=1S/C12H15BrO2/c1-8-4-11(13)5-10(6-14)12(8)15-7-9-2-3-9/h4-5,9,14H,2-3,6-7H2,1H3. The summed E-state index contributed by atoms with van der Waals surface area (Å²) in [4.78, 5) is 0. The molecule has 2 rings (SSSR count). The van der Waals surface area contributed by atoms with Crippen molar-refractivity contribution in [3.8, 4) is 5.75 Å². The maximum Gasteiger partial charge on any atom is 0.127 e. The van der Waals surface area contributed by atoms with Crippen LogP contribution >= 0.6 is 15.9 Å². The number of rotatable bonds is 4. The van der Waals surface area contributed by atoms with E-state index in [2.05, 4.69) is 15.9 Å². The number of hydrogen-bond donors (Lipinski definition) is 1. The molecule has 82 valence electrons. The minimum absolute atomic E-state index is 0.0281. The summed E-state index contributed by atoms with van der Waals surface area (Å²) in [5, 5.41) is 9.25. The Bertz CT molecular complexity index is 359. The van der Waals surface area contributed by atoms with Crippen LogP contribution < -0.4 is 4.74 Å². The molecule has 1 aliphatic carbocycles. The van der Waals surface area contributed by atoms with Gasteiger partial charge >= 0.3 is 0 Å². The zero-order chi connectivity index (χ0) is 10.8. The molecular weight excluding hydrogens is 256 g/mol. The van der Waals surface area contributed by atoms with E-state index < -0.39 is 0 Å². The van der Waals surface area contributed by atoms with Crippen molar-refractivity contribution in [3.05, 3.63) is 27.7 Å². The first-order valence-electron chi connectivity index (χ1n) is 5.23. The van der Waals surface area contributed by atoms with E-state index in [1.807, 2.05) is 19.1 Å². The third-order valence-corrected chi connectivity index (χ3v) is 3.10. The predicted octanol–water partition coefficient (Wildman–Crippen LogP) is 3.04. The van der Waals surface area contributed by atoms with Gasteiger partial charge in [-0.25, -0.2) is 0 Å². The minimum Gasteiger partial charge on any atom is -0.493 e. The smallest absolute Gasteiger partial charge is 0.127 e. The van der Waals surface area contributed by atoms with E-state index in [9.17, 15) is 5.11 Å². The molecule has 1 aromatic carbocycles. The molecule has 1 fully saturated rings. The summed E-state index contributed by atoms with van der Waals surface area (Å²) in [6.07, 6.45) is 2.56. The number of halogens is 1. The molecule has 0 spiro atoms. The van der Waals surface area contributed by atoms with Gasteiger partial charge in [-0.05, 0) is 43.4 Å². The van der Waals surface area contributed by atoms with Crippen LogP contribution in [0.5, 0.6) is 5.75 Å². The Kier molecular flexibility index (Phi) is 3.32. The predicted molar refractivity (Wildman–Crippen MR) is 63.0 cm³/mol. The Morgan fingerprint density at radius 1 is 1.47 bits per heavy atom. The minimum atomic E-state index is 0.0281. The fourth-order valence-corrected chi connectivity index (χ4v) is 2.23. The second-order valence-corrected chi connectivity index (χ2v) is 5.04. The molecule has 1 aromatic rings. The van der Waals surface area contributed by atoms with Crippen molar-refractivity contribution in [2.45, 2.75) is 26.4 Å². The number of benzene rings is 1. The average Bonchev–Trinajstić information content (AvgIpc) is 2.99.